The molecule has 40 heavy (non-hydrogen) atoms. The summed E-state index contributed by atoms with van der Waals surface area (Å²) in [6.45, 7) is 3.96. The molecule has 3 heterocycles. The van der Waals surface area contributed by atoms with Crippen LogP contribution in [0.25, 0.3) is 10.8 Å². The molecule has 4 bridgehead atoms. The van der Waals surface area contributed by atoms with Crippen LogP contribution in [0, 0.1) is 6.92 Å². The number of benzene rings is 3. The Labute approximate surface area is 229 Å². The van der Waals surface area contributed by atoms with Crippen molar-refractivity contribution in [3.8, 4) is 0 Å². The lowest BCUT2D eigenvalue weighted by Crippen LogP contribution is -2.39. The van der Waals surface area contributed by atoms with Gasteiger partial charge in [0.1, 0.15) is 6.04 Å². The number of rotatable bonds is 3. The highest BCUT2D eigenvalue weighted by molar-refractivity contribution is 5.92. The Hall–Kier alpha value is -5.12. The second-order valence-corrected chi connectivity index (χ2v) is 9.83. The molecule has 6 rings (SSSR count). The van der Waals surface area contributed by atoms with Crippen molar-refractivity contribution in [2.75, 3.05) is 17.2 Å². The van der Waals surface area contributed by atoms with Crippen LogP contribution < -0.4 is 21.5 Å². The first-order chi connectivity index (χ1) is 19.2. The number of carbonyl (C=O) groups excluding carboxylic acids is 2. The van der Waals surface area contributed by atoms with E-state index in [2.05, 4.69) is 20.9 Å². The van der Waals surface area contributed by atoms with Gasteiger partial charge in [0.2, 0.25) is 5.91 Å². The summed E-state index contributed by atoms with van der Waals surface area (Å²) in [4.78, 5) is 53.5. The molecule has 0 radical (unpaired) electrons. The average Bonchev–Trinajstić information content (AvgIpc) is 2.93. The maximum atomic E-state index is 13.8. The monoisotopic (exact) mass is 540 g/mol. The van der Waals surface area contributed by atoms with Crippen LogP contribution in [0.15, 0.2) is 77.7 Å². The van der Waals surface area contributed by atoms with Gasteiger partial charge in [0, 0.05) is 28.9 Å². The van der Waals surface area contributed by atoms with Gasteiger partial charge >= 0.3 is 12.1 Å². The Morgan fingerprint density at radius 3 is 2.60 bits per heavy atom. The van der Waals surface area contributed by atoms with E-state index < -0.39 is 30.1 Å². The van der Waals surface area contributed by atoms with Gasteiger partial charge in [-0.2, -0.15) is 0 Å². The number of pyridine rings is 1. The zero-order chi connectivity index (χ0) is 28.4. The molecule has 0 unspecified atom stereocenters. The van der Waals surface area contributed by atoms with E-state index in [0.717, 1.165) is 16.5 Å². The van der Waals surface area contributed by atoms with Gasteiger partial charge in [0.25, 0.3) is 5.56 Å². The number of H-pyrrole nitrogens is 1. The molecule has 1 aromatic heterocycles. The van der Waals surface area contributed by atoms with E-state index in [0.29, 0.717) is 22.3 Å². The lowest BCUT2D eigenvalue weighted by atomic mass is 9.93. The van der Waals surface area contributed by atoms with E-state index in [-0.39, 0.29) is 23.6 Å². The first-order valence-electron chi connectivity index (χ1n) is 12.7. The van der Waals surface area contributed by atoms with E-state index in [1.165, 1.54) is 6.07 Å². The van der Waals surface area contributed by atoms with E-state index in [4.69, 9.17) is 4.74 Å². The smallest absolute Gasteiger partial charge is 0.411 e. The maximum absolute atomic E-state index is 13.8. The second kappa shape index (κ2) is 10.9. The molecule has 10 heteroatoms. The fourth-order valence-electron chi connectivity index (χ4n) is 4.92. The van der Waals surface area contributed by atoms with Gasteiger partial charge in [-0.1, -0.05) is 43.3 Å². The van der Waals surface area contributed by atoms with Gasteiger partial charge in [-0.15, -0.1) is 0 Å². The molecule has 5 N–H and O–H groups in total. The molecule has 0 spiro atoms. The standard InChI is InChI=1S/C30H28N4O6/c1-16-12-20-7-9-23(16)17(2)15-40-30(39)33-21-5-3-4-19(13-21)26(29(37)38)34-28(36)25(20)32-22-8-6-18-10-11-31-27(35)24(18)14-22/h3-14,17,25-26,32H,15H2,1-2H3,(H,31,35)(H,33,39)(H,34,36)(H,37,38)/t17-,25+,26-/m0/s1. The van der Waals surface area contributed by atoms with Gasteiger partial charge < -0.3 is 25.5 Å². The number of anilines is 2. The molecule has 2 aliphatic rings. The van der Waals surface area contributed by atoms with Crippen LogP contribution in [0.2, 0.25) is 0 Å². The first kappa shape index (κ1) is 26.5. The zero-order valence-electron chi connectivity index (χ0n) is 21.9. The Kier molecular flexibility index (Phi) is 7.24. The van der Waals surface area contributed by atoms with Crippen LogP contribution in [0.3, 0.4) is 0 Å². The van der Waals surface area contributed by atoms with Crippen LogP contribution in [-0.4, -0.2) is 34.7 Å². The molecule has 204 valence electrons. The summed E-state index contributed by atoms with van der Waals surface area (Å²) in [5.74, 6) is -1.98. The molecule has 0 saturated heterocycles. The highest BCUT2D eigenvalue weighted by Gasteiger charge is 2.29. The van der Waals surface area contributed by atoms with Crippen molar-refractivity contribution in [2.45, 2.75) is 31.8 Å². The van der Waals surface area contributed by atoms with Gasteiger partial charge in [-0.05, 0) is 64.9 Å². The third kappa shape index (κ3) is 5.51. The summed E-state index contributed by atoms with van der Waals surface area (Å²) < 4.78 is 5.42. The maximum Gasteiger partial charge on any atom is 0.411 e. The van der Waals surface area contributed by atoms with E-state index >= 15 is 0 Å². The summed E-state index contributed by atoms with van der Waals surface area (Å²) >= 11 is 0. The van der Waals surface area contributed by atoms with Gasteiger partial charge in [0.15, 0.2) is 6.04 Å². The lowest BCUT2D eigenvalue weighted by Gasteiger charge is -2.25. The van der Waals surface area contributed by atoms with Crippen molar-refractivity contribution >= 4 is 40.1 Å². The fraction of sp³-hybridized carbons (Fsp3) is 0.200. The predicted octanol–water partition coefficient (Wildman–Crippen LogP) is 4.60. The summed E-state index contributed by atoms with van der Waals surface area (Å²) in [6.07, 6.45) is 0.898. The summed E-state index contributed by atoms with van der Waals surface area (Å²) in [5.41, 5.74) is 3.24. The fourth-order valence-corrected chi connectivity index (χ4v) is 4.92. The number of hydrogen-bond donors (Lipinski definition) is 5. The quantitative estimate of drug-likeness (QED) is 0.255. The summed E-state index contributed by atoms with van der Waals surface area (Å²) in [6, 6.07) is 16.3. The minimum Gasteiger partial charge on any atom is -0.479 e. The number of aromatic amines is 1. The van der Waals surface area contributed by atoms with Crippen LogP contribution in [0.1, 0.15) is 47.2 Å². The average molecular weight is 541 g/mol. The van der Waals surface area contributed by atoms with Crippen molar-refractivity contribution in [2.24, 2.45) is 0 Å². The number of carboxylic acids is 1. The molecular formula is C30H28N4O6. The number of ether oxygens (including phenoxy) is 1. The number of aliphatic carboxylic acids is 1. The van der Waals surface area contributed by atoms with Crippen molar-refractivity contribution in [1.29, 1.82) is 0 Å². The Morgan fingerprint density at radius 2 is 1.82 bits per heavy atom. The molecule has 4 aromatic rings. The third-order valence-electron chi connectivity index (χ3n) is 6.97. The molecule has 2 amide bonds. The highest BCUT2D eigenvalue weighted by atomic mass is 16.5. The third-order valence-corrected chi connectivity index (χ3v) is 6.97. The SMILES string of the molecule is Cc1cc2ccc1[C@@H](C)COC(=O)Nc1cccc(c1)[C@@H](C(=O)O)NC(=O)[C@@H]2Nc1ccc2cc[nH]c(=O)c2c1. The molecule has 3 aromatic carbocycles. The highest BCUT2D eigenvalue weighted by Crippen LogP contribution is 2.29. The predicted molar refractivity (Wildman–Crippen MR) is 150 cm³/mol. The van der Waals surface area contributed by atoms with Crippen LogP contribution in [0.4, 0.5) is 16.2 Å². The number of carboxylic acid groups (broad SMARTS) is 1. The van der Waals surface area contributed by atoms with Crippen LogP contribution in [-0.2, 0) is 14.3 Å². The van der Waals surface area contributed by atoms with Gasteiger partial charge in [-0.25, -0.2) is 9.59 Å². The number of aromatic nitrogens is 1. The topological polar surface area (TPSA) is 150 Å². The number of hydrogen-bond acceptors (Lipinski definition) is 6. The lowest BCUT2D eigenvalue weighted by molar-refractivity contribution is -0.142. The molecule has 2 aliphatic heterocycles. The van der Waals surface area contributed by atoms with Crippen molar-refractivity contribution in [3.63, 3.8) is 0 Å². The van der Waals surface area contributed by atoms with Crippen molar-refractivity contribution in [3.05, 3.63) is 106 Å². The summed E-state index contributed by atoms with van der Waals surface area (Å²) in [7, 11) is 0. The second-order valence-electron chi connectivity index (χ2n) is 9.83. The van der Waals surface area contributed by atoms with E-state index in [1.807, 2.05) is 26.0 Å². The van der Waals surface area contributed by atoms with Gasteiger partial charge in [-0.3, -0.25) is 14.9 Å². The van der Waals surface area contributed by atoms with Crippen LogP contribution >= 0.6 is 0 Å². The normalized spacial score (nSPS) is 19.4. The molecule has 10 nitrogen and oxygen atoms in total. The van der Waals surface area contributed by atoms with Crippen molar-refractivity contribution < 1.29 is 24.2 Å². The van der Waals surface area contributed by atoms with E-state index in [9.17, 15) is 24.3 Å². The number of carbonyl (C=O) groups is 3. The Bertz CT molecular complexity index is 1680. The van der Waals surface area contributed by atoms with Crippen LogP contribution in [0.5, 0.6) is 0 Å². The Balaban J connectivity index is 1.59. The molecular weight excluding hydrogens is 512 g/mol. The summed E-state index contributed by atoms with van der Waals surface area (Å²) in [5, 5.41) is 19.7. The van der Waals surface area contributed by atoms with E-state index in [1.54, 1.807) is 54.7 Å². The number of aryl methyl sites for hydroxylation is 1. The number of amides is 2. The first-order valence-corrected chi connectivity index (χ1v) is 12.7. The minimum absolute atomic E-state index is 0.122. The molecule has 0 fully saturated rings. The largest absolute Gasteiger partial charge is 0.479 e. The number of nitrogens with one attached hydrogen (secondary N) is 4. The Morgan fingerprint density at radius 1 is 1.00 bits per heavy atom. The number of fused-ring (bicyclic) bond motifs is 10. The molecule has 0 saturated carbocycles. The van der Waals surface area contributed by atoms with Crippen molar-refractivity contribution in [1.82, 2.24) is 10.3 Å². The molecule has 3 atom stereocenters. The minimum atomic E-state index is -1.40. The van der Waals surface area contributed by atoms with Gasteiger partial charge in [0.05, 0.1) is 6.61 Å². The molecule has 0 aliphatic carbocycles. The zero-order valence-corrected chi connectivity index (χ0v) is 21.9.